The van der Waals surface area contributed by atoms with Crippen LogP contribution in [0.15, 0.2) is 60.7 Å². The highest BCUT2D eigenvalue weighted by Gasteiger charge is 2.53. The van der Waals surface area contributed by atoms with Crippen LogP contribution in [0.2, 0.25) is 0 Å². The summed E-state index contributed by atoms with van der Waals surface area (Å²) in [6, 6.07) is 19.0. The fraction of sp³-hybridized carbons (Fsp3) is 0.559. The van der Waals surface area contributed by atoms with Crippen LogP contribution in [-0.2, 0) is 44.7 Å². The van der Waals surface area contributed by atoms with Crippen LogP contribution < -0.4 is 0 Å². The van der Waals surface area contributed by atoms with Gasteiger partial charge in [0.25, 0.3) is 0 Å². The van der Waals surface area contributed by atoms with Gasteiger partial charge >= 0.3 is 17.9 Å². The molecule has 1 heterocycles. The van der Waals surface area contributed by atoms with Crippen molar-refractivity contribution in [3.63, 3.8) is 0 Å². The summed E-state index contributed by atoms with van der Waals surface area (Å²) in [5.74, 6) is -1.44. The maximum atomic E-state index is 13.4. The van der Waals surface area contributed by atoms with E-state index in [2.05, 4.69) is 0 Å². The summed E-state index contributed by atoms with van der Waals surface area (Å²) in [4.78, 5) is 39.4. The Balaban J connectivity index is 2.11. The first-order valence-electron chi connectivity index (χ1n) is 14.4. The third-order valence-corrected chi connectivity index (χ3v) is 6.75. The predicted octanol–water partition coefficient (Wildman–Crippen LogP) is 6.22. The highest BCUT2D eigenvalue weighted by Crippen LogP contribution is 2.39. The number of ether oxygens (including phenoxy) is 5. The third-order valence-electron chi connectivity index (χ3n) is 6.75. The lowest BCUT2D eigenvalue weighted by atomic mass is 9.89. The Bertz CT molecular complexity index is 1190. The summed E-state index contributed by atoms with van der Waals surface area (Å²) in [6.07, 6.45) is -4.70. The number of hydrogen-bond acceptors (Lipinski definition) is 8. The first-order valence-corrected chi connectivity index (χ1v) is 14.4. The first kappa shape index (κ1) is 33.3. The highest BCUT2D eigenvalue weighted by molar-refractivity contribution is 5.77. The molecular formula is C34H46O8. The van der Waals surface area contributed by atoms with Crippen molar-refractivity contribution in [2.45, 2.75) is 99.4 Å². The van der Waals surface area contributed by atoms with Crippen molar-refractivity contribution in [1.82, 2.24) is 0 Å². The zero-order valence-electron chi connectivity index (χ0n) is 26.3. The molecule has 0 amide bonds. The Morgan fingerprint density at radius 3 is 1.62 bits per heavy atom. The summed E-state index contributed by atoms with van der Waals surface area (Å²) < 4.78 is 31.0. The second-order valence-electron chi connectivity index (χ2n) is 13.9. The van der Waals surface area contributed by atoms with Crippen molar-refractivity contribution < 1.29 is 38.1 Å². The molecule has 0 aliphatic carbocycles. The second-order valence-corrected chi connectivity index (χ2v) is 13.9. The van der Waals surface area contributed by atoms with Crippen LogP contribution in [-0.4, -0.2) is 48.9 Å². The van der Waals surface area contributed by atoms with Gasteiger partial charge in [-0.25, -0.2) is 0 Å². The second kappa shape index (κ2) is 13.4. The molecule has 1 fully saturated rings. The van der Waals surface area contributed by atoms with E-state index in [1.807, 2.05) is 60.7 Å². The third kappa shape index (κ3) is 8.88. The van der Waals surface area contributed by atoms with E-state index in [9.17, 15) is 14.4 Å². The first-order chi connectivity index (χ1) is 19.5. The number of carbonyl (C=O) groups excluding carboxylic acids is 3. The Kier molecular flexibility index (Phi) is 10.6. The molecule has 0 N–H and O–H groups in total. The van der Waals surface area contributed by atoms with Gasteiger partial charge in [0, 0.05) is 0 Å². The molecule has 5 atom stereocenters. The Morgan fingerprint density at radius 1 is 0.643 bits per heavy atom. The topological polar surface area (TPSA) is 97.4 Å². The Labute approximate surface area is 250 Å². The monoisotopic (exact) mass is 582 g/mol. The fourth-order valence-corrected chi connectivity index (χ4v) is 4.16. The largest absolute Gasteiger partial charge is 0.462 e. The molecule has 42 heavy (non-hydrogen) atoms. The zero-order chi connectivity index (χ0) is 31.3. The van der Waals surface area contributed by atoms with Gasteiger partial charge in [-0.3, -0.25) is 14.4 Å². The standard InChI is InChI=1S/C34H46O8/c1-32(2,3)29(35)39-21-24-26(41-30(36)33(4,5)6)28(42-31(37)34(7,8)9)27(38-20-22-16-12-10-13-17-22)25(40-24)23-18-14-11-15-19-23/h10-19,24-28H,20-21H2,1-9H3/t24-,25+,26+,27+,28+/m1/s1. The molecule has 2 aromatic rings. The van der Waals surface area contributed by atoms with Crippen molar-refractivity contribution in [3.8, 4) is 0 Å². The van der Waals surface area contributed by atoms with E-state index in [4.69, 9.17) is 23.7 Å². The molecule has 8 heteroatoms. The smallest absolute Gasteiger partial charge is 0.311 e. The molecule has 3 rings (SSSR count). The van der Waals surface area contributed by atoms with Gasteiger partial charge in [0.2, 0.25) is 0 Å². The fourth-order valence-electron chi connectivity index (χ4n) is 4.16. The Morgan fingerprint density at radius 2 is 1.12 bits per heavy atom. The molecule has 0 bridgehead atoms. The predicted molar refractivity (Wildman–Crippen MR) is 158 cm³/mol. The van der Waals surface area contributed by atoms with E-state index in [1.165, 1.54) is 0 Å². The lowest BCUT2D eigenvalue weighted by molar-refractivity contribution is -0.265. The molecule has 0 unspecified atom stereocenters. The highest BCUT2D eigenvalue weighted by atomic mass is 16.6. The van der Waals surface area contributed by atoms with E-state index in [0.29, 0.717) is 0 Å². The SMILES string of the molecule is CC(C)(C)C(=O)OC[C@H]1O[C@@H](c2ccccc2)[C@H](OCc2ccccc2)[C@@H](OC(=O)C(C)(C)C)[C@H]1OC(=O)C(C)(C)C. The van der Waals surface area contributed by atoms with E-state index in [0.717, 1.165) is 11.1 Å². The minimum absolute atomic E-state index is 0.200. The van der Waals surface area contributed by atoms with Crippen LogP contribution in [0.3, 0.4) is 0 Å². The summed E-state index contributed by atoms with van der Waals surface area (Å²) in [6.45, 7) is 15.7. The molecular weight excluding hydrogens is 536 g/mol. The van der Waals surface area contributed by atoms with Gasteiger partial charge in [-0.2, -0.15) is 0 Å². The van der Waals surface area contributed by atoms with Crippen molar-refractivity contribution in [2.75, 3.05) is 6.61 Å². The molecule has 1 aliphatic rings. The average Bonchev–Trinajstić information content (AvgIpc) is 2.91. The summed E-state index contributed by atoms with van der Waals surface area (Å²) >= 11 is 0. The van der Waals surface area contributed by atoms with E-state index in [-0.39, 0.29) is 13.2 Å². The number of esters is 3. The van der Waals surface area contributed by atoms with Crippen molar-refractivity contribution >= 4 is 17.9 Å². The van der Waals surface area contributed by atoms with Crippen molar-refractivity contribution in [3.05, 3.63) is 71.8 Å². The van der Waals surface area contributed by atoms with E-state index >= 15 is 0 Å². The molecule has 0 radical (unpaired) electrons. The van der Waals surface area contributed by atoms with E-state index < -0.39 is 64.7 Å². The van der Waals surface area contributed by atoms with Crippen LogP contribution in [0.1, 0.15) is 79.5 Å². The maximum absolute atomic E-state index is 13.4. The molecule has 0 aromatic heterocycles. The minimum atomic E-state index is -1.11. The van der Waals surface area contributed by atoms with Gasteiger partial charge < -0.3 is 23.7 Å². The zero-order valence-corrected chi connectivity index (χ0v) is 26.3. The molecule has 2 aromatic carbocycles. The number of rotatable bonds is 8. The van der Waals surface area contributed by atoms with Crippen LogP contribution in [0.25, 0.3) is 0 Å². The van der Waals surface area contributed by atoms with Crippen molar-refractivity contribution in [1.29, 1.82) is 0 Å². The van der Waals surface area contributed by atoms with Crippen LogP contribution in [0.5, 0.6) is 0 Å². The van der Waals surface area contributed by atoms with Gasteiger partial charge in [-0.05, 0) is 73.4 Å². The lowest BCUT2D eigenvalue weighted by Crippen LogP contribution is -2.60. The summed E-state index contributed by atoms with van der Waals surface area (Å²) in [5, 5.41) is 0. The quantitative estimate of drug-likeness (QED) is 0.267. The van der Waals surface area contributed by atoms with Crippen LogP contribution in [0.4, 0.5) is 0 Å². The number of benzene rings is 2. The van der Waals surface area contributed by atoms with Gasteiger partial charge in [0.05, 0.1) is 22.9 Å². The van der Waals surface area contributed by atoms with Gasteiger partial charge in [-0.1, -0.05) is 60.7 Å². The van der Waals surface area contributed by atoms with E-state index in [1.54, 1.807) is 62.3 Å². The molecule has 0 saturated carbocycles. The van der Waals surface area contributed by atoms with Gasteiger partial charge in [0.15, 0.2) is 12.2 Å². The lowest BCUT2D eigenvalue weighted by Gasteiger charge is -2.46. The maximum Gasteiger partial charge on any atom is 0.311 e. The number of carbonyl (C=O) groups is 3. The molecule has 1 aliphatic heterocycles. The van der Waals surface area contributed by atoms with Gasteiger partial charge in [-0.15, -0.1) is 0 Å². The molecule has 1 saturated heterocycles. The summed E-state index contributed by atoms with van der Waals surface area (Å²) in [7, 11) is 0. The normalized spacial score (nSPS) is 23.1. The van der Waals surface area contributed by atoms with Gasteiger partial charge in [0.1, 0.15) is 24.9 Å². The minimum Gasteiger partial charge on any atom is -0.462 e. The van der Waals surface area contributed by atoms with Crippen LogP contribution >= 0.6 is 0 Å². The Hall–Kier alpha value is -3.23. The molecule has 230 valence electrons. The number of hydrogen-bond donors (Lipinski definition) is 0. The molecule has 0 spiro atoms. The average molecular weight is 583 g/mol. The van der Waals surface area contributed by atoms with Crippen molar-refractivity contribution in [2.24, 2.45) is 16.2 Å². The summed E-state index contributed by atoms with van der Waals surface area (Å²) in [5.41, 5.74) is -0.779. The van der Waals surface area contributed by atoms with Crippen LogP contribution in [0, 0.1) is 16.2 Å². The molecule has 8 nitrogen and oxygen atoms in total.